The predicted octanol–water partition coefficient (Wildman–Crippen LogP) is 5.61. The van der Waals surface area contributed by atoms with Crippen LogP contribution < -0.4 is 0 Å². The van der Waals surface area contributed by atoms with Crippen molar-refractivity contribution >= 4 is 5.57 Å². The fraction of sp³-hybridized carbons (Fsp3) is 0.500. The van der Waals surface area contributed by atoms with Gasteiger partial charge in [-0.05, 0) is 67.9 Å². The zero-order valence-corrected chi connectivity index (χ0v) is 11.6. The fourth-order valence-electron chi connectivity index (χ4n) is 2.77. The second-order valence-electron chi connectivity index (χ2n) is 5.48. The zero-order valence-electron chi connectivity index (χ0n) is 11.6. The molecule has 3 heteroatoms. The van der Waals surface area contributed by atoms with E-state index in [1.54, 1.807) is 6.07 Å². The molecule has 0 spiro atoms. The van der Waals surface area contributed by atoms with E-state index in [9.17, 15) is 13.2 Å². The number of hydrogen-bond donors (Lipinski definition) is 0. The van der Waals surface area contributed by atoms with Crippen LogP contribution in [0.5, 0.6) is 0 Å². The summed E-state index contributed by atoms with van der Waals surface area (Å²) in [6.45, 7) is 6.09. The number of rotatable bonds is 1. The van der Waals surface area contributed by atoms with E-state index in [2.05, 4.69) is 13.8 Å². The topological polar surface area (TPSA) is 0 Å². The summed E-state index contributed by atoms with van der Waals surface area (Å²) in [6, 6.07) is 4.06. The summed E-state index contributed by atoms with van der Waals surface area (Å²) >= 11 is 0. The van der Waals surface area contributed by atoms with E-state index in [4.69, 9.17) is 0 Å². The molecular weight excluding hydrogens is 249 g/mol. The molecule has 0 saturated carbocycles. The van der Waals surface area contributed by atoms with Crippen LogP contribution in [0.2, 0.25) is 0 Å². The SMILES string of the molecule is CC1=C(c2cc(C(F)(F)F)ccc2C)CCCC1C. The van der Waals surface area contributed by atoms with Crippen molar-refractivity contribution in [2.45, 2.75) is 46.2 Å². The molecule has 0 amide bonds. The van der Waals surface area contributed by atoms with Crippen LogP contribution in [-0.2, 0) is 6.18 Å². The Labute approximate surface area is 112 Å². The van der Waals surface area contributed by atoms with Crippen LogP contribution in [0, 0.1) is 12.8 Å². The molecule has 0 aliphatic heterocycles. The first kappa shape index (κ1) is 14.2. The van der Waals surface area contributed by atoms with Crippen LogP contribution >= 0.6 is 0 Å². The number of allylic oxidation sites excluding steroid dienone is 2. The van der Waals surface area contributed by atoms with Gasteiger partial charge in [0.2, 0.25) is 0 Å². The molecule has 19 heavy (non-hydrogen) atoms. The molecule has 0 fully saturated rings. The molecule has 0 N–H and O–H groups in total. The highest BCUT2D eigenvalue weighted by Crippen LogP contribution is 2.39. The van der Waals surface area contributed by atoms with Gasteiger partial charge in [0.15, 0.2) is 0 Å². The van der Waals surface area contributed by atoms with Crippen molar-refractivity contribution in [1.29, 1.82) is 0 Å². The molecule has 0 nitrogen and oxygen atoms in total. The molecular formula is C16H19F3. The van der Waals surface area contributed by atoms with Gasteiger partial charge in [-0.2, -0.15) is 13.2 Å². The lowest BCUT2D eigenvalue weighted by molar-refractivity contribution is -0.137. The maximum absolute atomic E-state index is 12.8. The standard InChI is InChI=1S/C16H19F3/c1-10-5-4-6-14(12(10)3)15-9-13(16(17,18)19)8-7-11(15)2/h7-10H,4-6H2,1-3H3. The number of aryl methyl sites for hydroxylation is 1. The third kappa shape index (κ3) is 2.85. The first-order valence-corrected chi connectivity index (χ1v) is 6.68. The number of alkyl halides is 3. The van der Waals surface area contributed by atoms with E-state index < -0.39 is 11.7 Å². The normalized spacial score (nSPS) is 20.8. The lowest BCUT2D eigenvalue weighted by Crippen LogP contribution is -2.10. The van der Waals surface area contributed by atoms with Crippen LogP contribution in [0.1, 0.15) is 49.8 Å². The minimum Gasteiger partial charge on any atom is -0.166 e. The van der Waals surface area contributed by atoms with E-state index >= 15 is 0 Å². The van der Waals surface area contributed by atoms with Crippen LogP contribution in [0.25, 0.3) is 5.57 Å². The van der Waals surface area contributed by atoms with Gasteiger partial charge in [0.1, 0.15) is 0 Å². The van der Waals surface area contributed by atoms with E-state index in [0.29, 0.717) is 5.92 Å². The molecule has 104 valence electrons. The van der Waals surface area contributed by atoms with Gasteiger partial charge >= 0.3 is 6.18 Å². The molecule has 1 aromatic rings. The molecule has 2 rings (SSSR count). The van der Waals surface area contributed by atoms with Crippen molar-refractivity contribution < 1.29 is 13.2 Å². The smallest absolute Gasteiger partial charge is 0.166 e. The molecule has 1 aromatic carbocycles. The van der Waals surface area contributed by atoms with Gasteiger partial charge in [0.25, 0.3) is 0 Å². The second kappa shape index (κ2) is 5.03. The van der Waals surface area contributed by atoms with E-state index in [1.807, 2.05) is 6.92 Å². The van der Waals surface area contributed by atoms with Crippen LogP contribution in [0.3, 0.4) is 0 Å². The van der Waals surface area contributed by atoms with E-state index in [0.717, 1.165) is 36.0 Å². The average Bonchev–Trinajstić information content (AvgIpc) is 2.32. The minimum atomic E-state index is -4.27. The van der Waals surface area contributed by atoms with Gasteiger partial charge in [-0.15, -0.1) is 0 Å². The van der Waals surface area contributed by atoms with Gasteiger partial charge in [-0.1, -0.05) is 18.6 Å². The van der Waals surface area contributed by atoms with Gasteiger partial charge in [0.05, 0.1) is 5.56 Å². The molecule has 1 aliphatic carbocycles. The summed E-state index contributed by atoms with van der Waals surface area (Å²) < 4.78 is 38.5. The quantitative estimate of drug-likeness (QED) is 0.621. The Balaban J connectivity index is 2.53. The first-order valence-electron chi connectivity index (χ1n) is 6.68. The lowest BCUT2D eigenvalue weighted by Gasteiger charge is -2.25. The van der Waals surface area contributed by atoms with Gasteiger partial charge in [-0.25, -0.2) is 0 Å². The zero-order chi connectivity index (χ0) is 14.2. The maximum atomic E-state index is 12.8. The third-order valence-electron chi connectivity index (χ3n) is 4.17. The molecule has 0 bridgehead atoms. The minimum absolute atomic E-state index is 0.470. The number of benzene rings is 1. The van der Waals surface area contributed by atoms with Crippen LogP contribution in [-0.4, -0.2) is 0 Å². The second-order valence-corrected chi connectivity index (χ2v) is 5.48. The van der Waals surface area contributed by atoms with Gasteiger partial charge in [-0.3, -0.25) is 0 Å². The molecule has 0 heterocycles. The average molecular weight is 268 g/mol. The largest absolute Gasteiger partial charge is 0.416 e. The monoisotopic (exact) mass is 268 g/mol. The predicted molar refractivity (Wildman–Crippen MR) is 71.8 cm³/mol. The number of halogens is 3. The first-order chi connectivity index (χ1) is 8.80. The highest BCUT2D eigenvalue weighted by molar-refractivity contribution is 5.72. The Morgan fingerprint density at radius 2 is 1.84 bits per heavy atom. The summed E-state index contributed by atoms with van der Waals surface area (Å²) in [6.07, 6.45) is -1.19. The lowest BCUT2D eigenvalue weighted by atomic mass is 9.80. The molecule has 1 aliphatic rings. The number of hydrogen-bond acceptors (Lipinski definition) is 0. The van der Waals surface area contributed by atoms with Crippen molar-refractivity contribution in [2.75, 3.05) is 0 Å². The molecule has 0 saturated heterocycles. The summed E-state index contributed by atoms with van der Waals surface area (Å²) in [4.78, 5) is 0. The summed E-state index contributed by atoms with van der Waals surface area (Å²) in [5, 5.41) is 0. The summed E-state index contributed by atoms with van der Waals surface area (Å²) in [7, 11) is 0. The summed E-state index contributed by atoms with van der Waals surface area (Å²) in [5.41, 5.74) is 3.51. The Kier molecular flexibility index (Phi) is 3.75. The van der Waals surface area contributed by atoms with E-state index in [-0.39, 0.29) is 0 Å². The third-order valence-corrected chi connectivity index (χ3v) is 4.17. The highest BCUT2D eigenvalue weighted by atomic mass is 19.4. The Hall–Kier alpha value is -1.25. The van der Waals surface area contributed by atoms with Crippen molar-refractivity contribution in [3.05, 3.63) is 40.5 Å². The molecule has 0 aromatic heterocycles. The van der Waals surface area contributed by atoms with Crippen molar-refractivity contribution in [3.8, 4) is 0 Å². The Bertz CT molecular complexity index is 509. The van der Waals surface area contributed by atoms with Crippen molar-refractivity contribution in [1.82, 2.24) is 0 Å². The Morgan fingerprint density at radius 1 is 1.16 bits per heavy atom. The molecule has 0 radical (unpaired) electrons. The molecule has 1 atom stereocenters. The van der Waals surface area contributed by atoms with Crippen LogP contribution in [0.15, 0.2) is 23.8 Å². The van der Waals surface area contributed by atoms with E-state index in [1.165, 1.54) is 17.7 Å². The fourth-order valence-corrected chi connectivity index (χ4v) is 2.77. The van der Waals surface area contributed by atoms with Crippen molar-refractivity contribution in [3.63, 3.8) is 0 Å². The van der Waals surface area contributed by atoms with Crippen LogP contribution in [0.4, 0.5) is 13.2 Å². The summed E-state index contributed by atoms with van der Waals surface area (Å²) in [5.74, 6) is 0.470. The Morgan fingerprint density at radius 3 is 2.47 bits per heavy atom. The van der Waals surface area contributed by atoms with Gasteiger partial charge < -0.3 is 0 Å². The molecule has 1 unspecified atom stereocenters. The highest BCUT2D eigenvalue weighted by Gasteiger charge is 2.31. The van der Waals surface area contributed by atoms with Gasteiger partial charge in [0, 0.05) is 0 Å². The van der Waals surface area contributed by atoms with Crippen molar-refractivity contribution in [2.24, 2.45) is 5.92 Å². The maximum Gasteiger partial charge on any atom is 0.416 e.